The van der Waals surface area contributed by atoms with Crippen molar-refractivity contribution < 1.29 is 0 Å². The lowest BCUT2D eigenvalue weighted by atomic mass is 10.1. The summed E-state index contributed by atoms with van der Waals surface area (Å²) < 4.78 is 1.71. The number of likely N-dealkylation sites (tertiary alicyclic amines) is 1. The second kappa shape index (κ2) is 4.94. The summed E-state index contributed by atoms with van der Waals surface area (Å²) >= 11 is 0. The first kappa shape index (κ1) is 11.5. The topological polar surface area (TPSA) is 59.5 Å². The van der Waals surface area contributed by atoms with Crippen LogP contribution in [0.25, 0.3) is 5.65 Å². The summed E-state index contributed by atoms with van der Waals surface area (Å²) in [6, 6.07) is 5.69. The van der Waals surface area contributed by atoms with E-state index in [2.05, 4.69) is 15.0 Å². The van der Waals surface area contributed by atoms with E-state index < -0.39 is 0 Å². The number of nitrogens with two attached hydrogens (primary N) is 1. The smallest absolute Gasteiger partial charge is 0.157 e. The van der Waals surface area contributed by atoms with Gasteiger partial charge in [-0.15, -0.1) is 5.10 Å². The Labute approximate surface area is 107 Å². The number of pyridine rings is 1. The summed E-state index contributed by atoms with van der Waals surface area (Å²) in [4.78, 5) is 7.00. The zero-order chi connectivity index (χ0) is 12.4. The van der Waals surface area contributed by atoms with Crippen molar-refractivity contribution in [2.24, 2.45) is 0 Å². The standard InChI is InChI=1S/C13H19N5/c14-11-5-4-6-13-15-12(16-18(11)13)7-10-17-8-2-1-3-9-17/h4-6H,1-3,7-10,14H2. The summed E-state index contributed by atoms with van der Waals surface area (Å²) in [5.74, 6) is 1.53. The Balaban J connectivity index is 1.69. The van der Waals surface area contributed by atoms with Crippen LogP contribution < -0.4 is 5.73 Å². The molecule has 1 aliphatic heterocycles. The highest BCUT2D eigenvalue weighted by Crippen LogP contribution is 2.10. The van der Waals surface area contributed by atoms with Gasteiger partial charge in [-0.3, -0.25) is 0 Å². The first-order chi connectivity index (χ1) is 8.83. The molecule has 0 aromatic carbocycles. The molecule has 0 bridgehead atoms. The zero-order valence-corrected chi connectivity index (χ0v) is 10.5. The van der Waals surface area contributed by atoms with E-state index in [1.807, 2.05) is 18.2 Å². The highest BCUT2D eigenvalue weighted by atomic mass is 15.3. The van der Waals surface area contributed by atoms with Crippen molar-refractivity contribution in [3.8, 4) is 0 Å². The lowest BCUT2D eigenvalue weighted by Gasteiger charge is -2.25. The van der Waals surface area contributed by atoms with Gasteiger partial charge in [-0.2, -0.15) is 4.52 Å². The van der Waals surface area contributed by atoms with Crippen LogP contribution in [0.1, 0.15) is 25.1 Å². The van der Waals surface area contributed by atoms with Crippen LogP contribution in [0.3, 0.4) is 0 Å². The number of nitrogens with zero attached hydrogens (tertiary/aromatic N) is 4. The molecule has 0 aliphatic carbocycles. The van der Waals surface area contributed by atoms with Gasteiger partial charge in [0.2, 0.25) is 0 Å². The molecule has 1 aliphatic rings. The first-order valence-corrected chi connectivity index (χ1v) is 6.65. The number of rotatable bonds is 3. The minimum absolute atomic E-state index is 0.643. The lowest BCUT2D eigenvalue weighted by molar-refractivity contribution is 0.230. The summed E-state index contributed by atoms with van der Waals surface area (Å²) in [7, 11) is 0. The number of aromatic nitrogens is 3. The predicted molar refractivity (Wildman–Crippen MR) is 71.4 cm³/mol. The van der Waals surface area contributed by atoms with Gasteiger partial charge in [0.15, 0.2) is 11.5 Å². The maximum atomic E-state index is 5.86. The van der Waals surface area contributed by atoms with Crippen LogP contribution in [0, 0.1) is 0 Å². The molecule has 2 aromatic heterocycles. The predicted octanol–water partition coefficient (Wildman–Crippen LogP) is 1.34. The fraction of sp³-hybridized carbons (Fsp3) is 0.538. The molecular formula is C13H19N5. The van der Waals surface area contributed by atoms with Crippen LogP contribution in [0.15, 0.2) is 18.2 Å². The molecule has 0 radical (unpaired) electrons. The number of anilines is 1. The average Bonchev–Trinajstić information content (AvgIpc) is 2.82. The molecule has 0 atom stereocenters. The van der Waals surface area contributed by atoms with E-state index in [1.54, 1.807) is 4.52 Å². The minimum Gasteiger partial charge on any atom is -0.384 e. The highest BCUT2D eigenvalue weighted by Gasteiger charge is 2.11. The Kier molecular flexibility index (Phi) is 3.15. The maximum Gasteiger partial charge on any atom is 0.157 e. The van der Waals surface area contributed by atoms with E-state index in [0.717, 1.165) is 24.4 Å². The Hall–Kier alpha value is -1.62. The quantitative estimate of drug-likeness (QED) is 0.886. The van der Waals surface area contributed by atoms with Gasteiger partial charge >= 0.3 is 0 Å². The van der Waals surface area contributed by atoms with Crippen LogP contribution >= 0.6 is 0 Å². The Morgan fingerprint density at radius 3 is 2.78 bits per heavy atom. The lowest BCUT2D eigenvalue weighted by Crippen LogP contribution is -2.31. The van der Waals surface area contributed by atoms with Gasteiger partial charge in [0, 0.05) is 13.0 Å². The van der Waals surface area contributed by atoms with Crippen LogP contribution in [0.2, 0.25) is 0 Å². The third-order valence-electron chi connectivity index (χ3n) is 3.53. The number of hydrogen-bond donors (Lipinski definition) is 1. The normalized spacial score (nSPS) is 17.3. The summed E-state index contributed by atoms with van der Waals surface area (Å²) in [5, 5.41) is 4.45. The van der Waals surface area contributed by atoms with Gasteiger partial charge in [0.1, 0.15) is 5.82 Å². The van der Waals surface area contributed by atoms with Crippen molar-refractivity contribution in [1.29, 1.82) is 0 Å². The van der Waals surface area contributed by atoms with E-state index in [9.17, 15) is 0 Å². The third kappa shape index (κ3) is 2.31. The second-order valence-corrected chi connectivity index (χ2v) is 4.90. The van der Waals surface area contributed by atoms with E-state index in [1.165, 1.54) is 32.4 Å². The van der Waals surface area contributed by atoms with E-state index in [-0.39, 0.29) is 0 Å². The molecule has 0 amide bonds. The number of nitrogen functional groups attached to an aromatic ring is 1. The van der Waals surface area contributed by atoms with Gasteiger partial charge in [-0.25, -0.2) is 4.98 Å². The first-order valence-electron chi connectivity index (χ1n) is 6.65. The third-order valence-corrected chi connectivity index (χ3v) is 3.53. The molecule has 3 rings (SSSR count). The molecule has 1 saturated heterocycles. The van der Waals surface area contributed by atoms with Crippen LogP contribution in [-0.4, -0.2) is 39.1 Å². The SMILES string of the molecule is Nc1cccc2nc(CCN3CCCCC3)nn12. The number of hydrogen-bond acceptors (Lipinski definition) is 4. The van der Waals surface area contributed by atoms with Crippen LogP contribution in [-0.2, 0) is 6.42 Å². The summed E-state index contributed by atoms with van der Waals surface area (Å²) in [6.07, 6.45) is 4.93. The van der Waals surface area contributed by atoms with Gasteiger partial charge in [-0.1, -0.05) is 12.5 Å². The van der Waals surface area contributed by atoms with Crippen molar-refractivity contribution in [3.05, 3.63) is 24.0 Å². The monoisotopic (exact) mass is 245 g/mol. The Morgan fingerprint density at radius 1 is 1.17 bits per heavy atom. The Morgan fingerprint density at radius 2 is 2.00 bits per heavy atom. The fourth-order valence-corrected chi connectivity index (χ4v) is 2.52. The van der Waals surface area contributed by atoms with Gasteiger partial charge < -0.3 is 10.6 Å². The maximum absolute atomic E-state index is 5.86. The molecule has 1 fully saturated rings. The van der Waals surface area contributed by atoms with Crippen molar-refractivity contribution in [3.63, 3.8) is 0 Å². The fourth-order valence-electron chi connectivity index (χ4n) is 2.52. The van der Waals surface area contributed by atoms with Crippen molar-refractivity contribution in [1.82, 2.24) is 19.5 Å². The minimum atomic E-state index is 0.643. The molecule has 5 nitrogen and oxygen atoms in total. The molecule has 0 saturated carbocycles. The zero-order valence-electron chi connectivity index (χ0n) is 10.5. The van der Waals surface area contributed by atoms with Gasteiger partial charge in [-0.05, 0) is 38.1 Å². The van der Waals surface area contributed by atoms with E-state index >= 15 is 0 Å². The molecule has 2 aromatic rings. The second-order valence-electron chi connectivity index (χ2n) is 4.90. The molecule has 0 spiro atoms. The summed E-state index contributed by atoms with van der Waals surface area (Å²) in [6.45, 7) is 3.49. The van der Waals surface area contributed by atoms with Crippen LogP contribution in [0.4, 0.5) is 5.82 Å². The van der Waals surface area contributed by atoms with Crippen molar-refractivity contribution in [2.45, 2.75) is 25.7 Å². The van der Waals surface area contributed by atoms with E-state index in [4.69, 9.17) is 5.73 Å². The van der Waals surface area contributed by atoms with Crippen LogP contribution in [0.5, 0.6) is 0 Å². The largest absolute Gasteiger partial charge is 0.384 e. The van der Waals surface area contributed by atoms with Crippen molar-refractivity contribution in [2.75, 3.05) is 25.4 Å². The number of piperidine rings is 1. The molecular weight excluding hydrogens is 226 g/mol. The van der Waals surface area contributed by atoms with Gasteiger partial charge in [0.05, 0.1) is 0 Å². The molecule has 96 valence electrons. The highest BCUT2D eigenvalue weighted by molar-refractivity contribution is 5.45. The van der Waals surface area contributed by atoms with E-state index in [0.29, 0.717) is 5.82 Å². The molecule has 2 N–H and O–H groups in total. The Bertz CT molecular complexity index is 527. The summed E-state index contributed by atoms with van der Waals surface area (Å²) in [5.41, 5.74) is 6.70. The molecule has 18 heavy (non-hydrogen) atoms. The molecule has 5 heteroatoms. The molecule has 3 heterocycles. The van der Waals surface area contributed by atoms with Crippen molar-refractivity contribution >= 4 is 11.5 Å². The van der Waals surface area contributed by atoms with Gasteiger partial charge in [0.25, 0.3) is 0 Å². The average molecular weight is 245 g/mol. The molecule has 0 unspecified atom stereocenters. The number of fused-ring (bicyclic) bond motifs is 1.